The molecule has 0 spiro atoms. The van der Waals surface area contributed by atoms with Crippen LogP contribution in [0.25, 0.3) is 0 Å². The first-order valence-electron chi connectivity index (χ1n) is 6.65. The van der Waals surface area contributed by atoms with E-state index >= 15 is 0 Å². The van der Waals surface area contributed by atoms with Gasteiger partial charge >= 0.3 is 0 Å². The van der Waals surface area contributed by atoms with Gasteiger partial charge in [0, 0.05) is 17.5 Å². The summed E-state index contributed by atoms with van der Waals surface area (Å²) in [6.45, 7) is 4.49. The van der Waals surface area contributed by atoms with Gasteiger partial charge in [0.1, 0.15) is 0 Å². The van der Waals surface area contributed by atoms with Crippen LogP contribution >= 0.6 is 11.3 Å². The van der Waals surface area contributed by atoms with E-state index in [0.29, 0.717) is 11.4 Å². The molecule has 3 nitrogen and oxygen atoms in total. The van der Waals surface area contributed by atoms with E-state index < -0.39 is 10.0 Å². The highest BCUT2D eigenvalue weighted by atomic mass is 32.2. The van der Waals surface area contributed by atoms with Crippen molar-refractivity contribution < 1.29 is 8.42 Å². The Morgan fingerprint density at radius 1 is 1.20 bits per heavy atom. The number of rotatable bonds is 2. The van der Waals surface area contributed by atoms with Gasteiger partial charge in [0.2, 0.25) is 10.0 Å². The zero-order chi connectivity index (χ0) is 14.3. The number of hydrogen-bond acceptors (Lipinski definition) is 3. The summed E-state index contributed by atoms with van der Waals surface area (Å²) in [5, 5.41) is 2.04. The lowest BCUT2D eigenvalue weighted by Crippen LogP contribution is -2.38. The fourth-order valence-electron chi connectivity index (χ4n) is 2.66. The summed E-state index contributed by atoms with van der Waals surface area (Å²) in [4.78, 5) is 1.70. The zero-order valence-corrected chi connectivity index (χ0v) is 13.2. The predicted molar refractivity (Wildman–Crippen MR) is 81.5 cm³/mol. The number of sulfonamides is 1. The standard InChI is InChI=1S/C15H17NO2S2/c1-11-3-5-13(6-4-11)20(17,18)16-9-7-15-14(12(16)2)8-10-19-15/h3-6,8,10,12H,7,9H2,1-2H3/t12-/m0/s1. The molecule has 20 heavy (non-hydrogen) atoms. The van der Waals surface area contributed by atoms with E-state index in [1.165, 1.54) is 4.88 Å². The van der Waals surface area contributed by atoms with Crippen molar-refractivity contribution in [3.63, 3.8) is 0 Å². The first-order chi connectivity index (χ1) is 9.50. The maximum atomic E-state index is 12.8. The molecule has 0 amide bonds. The van der Waals surface area contributed by atoms with Crippen molar-refractivity contribution in [2.45, 2.75) is 31.2 Å². The second kappa shape index (κ2) is 4.98. The second-order valence-electron chi connectivity index (χ2n) is 5.15. The highest BCUT2D eigenvalue weighted by molar-refractivity contribution is 7.89. The molecule has 106 valence electrons. The highest BCUT2D eigenvalue weighted by Crippen LogP contribution is 2.36. The summed E-state index contributed by atoms with van der Waals surface area (Å²) in [6, 6.07) is 9.04. The van der Waals surface area contributed by atoms with Crippen molar-refractivity contribution in [1.29, 1.82) is 0 Å². The lowest BCUT2D eigenvalue weighted by Gasteiger charge is -2.32. The molecule has 1 aromatic heterocycles. The minimum atomic E-state index is -3.41. The zero-order valence-electron chi connectivity index (χ0n) is 11.5. The molecule has 2 heterocycles. The number of fused-ring (bicyclic) bond motifs is 1. The number of hydrogen-bond donors (Lipinski definition) is 0. The maximum Gasteiger partial charge on any atom is 0.243 e. The van der Waals surface area contributed by atoms with Crippen LogP contribution in [0.15, 0.2) is 40.6 Å². The SMILES string of the molecule is Cc1ccc(S(=O)(=O)N2CCc3sccc3[C@@H]2C)cc1. The molecular weight excluding hydrogens is 290 g/mol. The minimum absolute atomic E-state index is 0.0868. The number of benzene rings is 1. The average Bonchev–Trinajstić information content (AvgIpc) is 2.88. The van der Waals surface area contributed by atoms with Crippen LogP contribution in [0.1, 0.15) is 29.0 Å². The molecule has 0 bridgehead atoms. The van der Waals surface area contributed by atoms with E-state index in [1.54, 1.807) is 27.8 Å². The molecule has 0 fully saturated rings. The van der Waals surface area contributed by atoms with Crippen molar-refractivity contribution in [1.82, 2.24) is 4.31 Å². The molecule has 1 atom stereocenters. The fraction of sp³-hybridized carbons (Fsp3) is 0.333. The Balaban J connectivity index is 1.99. The van der Waals surface area contributed by atoms with Crippen LogP contribution in [0, 0.1) is 6.92 Å². The number of nitrogens with zero attached hydrogens (tertiary/aromatic N) is 1. The summed E-state index contributed by atoms with van der Waals surface area (Å²) in [7, 11) is -3.41. The van der Waals surface area contributed by atoms with Crippen LogP contribution in [0.2, 0.25) is 0 Å². The van der Waals surface area contributed by atoms with Gasteiger partial charge in [-0.05, 0) is 49.4 Å². The summed E-state index contributed by atoms with van der Waals surface area (Å²) >= 11 is 1.72. The van der Waals surface area contributed by atoms with Gasteiger partial charge in [0.05, 0.1) is 4.90 Å². The van der Waals surface area contributed by atoms with E-state index in [0.717, 1.165) is 17.5 Å². The summed E-state index contributed by atoms with van der Waals surface area (Å²) in [5.41, 5.74) is 2.22. The molecule has 0 saturated heterocycles. The van der Waals surface area contributed by atoms with Gasteiger partial charge in [-0.2, -0.15) is 4.31 Å². The molecular formula is C15H17NO2S2. The van der Waals surface area contributed by atoms with Gasteiger partial charge in [0.15, 0.2) is 0 Å². The van der Waals surface area contributed by atoms with Crippen molar-refractivity contribution in [3.8, 4) is 0 Å². The molecule has 0 aliphatic carbocycles. The Morgan fingerprint density at radius 3 is 2.60 bits per heavy atom. The smallest absolute Gasteiger partial charge is 0.207 e. The monoisotopic (exact) mass is 307 g/mol. The Kier molecular flexibility index (Phi) is 3.44. The molecule has 0 saturated carbocycles. The molecule has 1 aliphatic heterocycles. The molecule has 5 heteroatoms. The van der Waals surface area contributed by atoms with Crippen LogP contribution in [0.5, 0.6) is 0 Å². The molecule has 2 aromatic rings. The van der Waals surface area contributed by atoms with E-state index in [9.17, 15) is 8.42 Å². The van der Waals surface area contributed by atoms with Crippen LogP contribution in [0.4, 0.5) is 0 Å². The van der Waals surface area contributed by atoms with Gasteiger partial charge < -0.3 is 0 Å². The van der Waals surface area contributed by atoms with Gasteiger partial charge in [-0.3, -0.25) is 0 Å². The van der Waals surface area contributed by atoms with Gasteiger partial charge in [-0.15, -0.1) is 11.3 Å². The van der Waals surface area contributed by atoms with E-state index in [2.05, 4.69) is 0 Å². The first-order valence-corrected chi connectivity index (χ1v) is 8.97. The van der Waals surface area contributed by atoms with E-state index in [4.69, 9.17) is 0 Å². The highest BCUT2D eigenvalue weighted by Gasteiger charge is 2.34. The third-order valence-electron chi connectivity index (χ3n) is 3.85. The summed E-state index contributed by atoms with van der Waals surface area (Å²) < 4.78 is 27.2. The lowest BCUT2D eigenvalue weighted by molar-refractivity contribution is 0.329. The molecule has 1 aromatic carbocycles. The van der Waals surface area contributed by atoms with Crippen molar-refractivity contribution >= 4 is 21.4 Å². The van der Waals surface area contributed by atoms with Crippen molar-refractivity contribution in [3.05, 3.63) is 51.7 Å². The van der Waals surface area contributed by atoms with Crippen LogP contribution in [0.3, 0.4) is 0 Å². The molecule has 0 radical (unpaired) electrons. The second-order valence-corrected chi connectivity index (χ2v) is 8.05. The fourth-order valence-corrected chi connectivity index (χ4v) is 5.24. The van der Waals surface area contributed by atoms with Gasteiger partial charge in [0.25, 0.3) is 0 Å². The lowest BCUT2D eigenvalue weighted by atomic mass is 10.0. The van der Waals surface area contributed by atoms with Gasteiger partial charge in [-0.1, -0.05) is 17.7 Å². The van der Waals surface area contributed by atoms with Crippen molar-refractivity contribution in [2.24, 2.45) is 0 Å². The Labute approximate surface area is 123 Å². The third-order valence-corrected chi connectivity index (χ3v) is 6.83. The quantitative estimate of drug-likeness (QED) is 0.853. The molecule has 0 N–H and O–H groups in total. The van der Waals surface area contributed by atoms with Crippen molar-refractivity contribution in [2.75, 3.05) is 6.54 Å². The first kappa shape index (κ1) is 13.8. The van der Waals surface area contributed by atoms with Crippen LogP contribution in [-0.4, -0.2) is 19.3 Å². The molecule has 0 unspecified atom stereocenters. The normalized spacial score (nSPS) is 19.8. The third kappa shape index (κ3) is 2.20. The van der Waals surface area contributed by atoms with Crippen LogP contribution < -0.4 is 0 Å². The molecule has 3 rings (SSSR count). The number of aryl methyl sites for hydroxylation is 1. The van der Waals surface area contributed by atoms with Crippen LogP contribution in [-0.2, 0) is 16.4 Å². The molecule has 1 aliphatic rings. The summed E-state index contributed by atoms with van der Waals surface area (Å²) in [5.74, 6) is 0. The topological polar surface area (TPSA) is 37.4 Å². The predicted octanol–water partition coefficient (Wildman–Crippen LogP) is 3.36. The average molecular weight is 307 g/mol. The summed E-state index contributed by atoms with van der Waals surface area (Å²) in [6.07, 6.45) is 0.808. The van der Waals surface area contributed by atoms with Gasteiger partial charge in [-0.25, -0.2) is 8.42 Å². The maximum absolute atomic E-state index is 12.8. The Morgan fingerprint density at radius 2 is 1.90 bits per heavy atom. The number of thiophene rings is 1. The Hall–Kier alpha value is -1.17. The van der Waals surface area contributed by atoms with E-state index in [-0.39, 0.29) is 6.04 Å². The Bertz CT molecular complexity index is 717. The van der Waals surface area contributed by atoms with E-state index in [1.807, 2.05) is 37.4 Å². The largest absolute Gasteiger partial charge is 0.243 e. The minimum Gasteiger partial charge on any atom is -0.207 e.